The fourth-order valence-corrected chi connectivity index (χ4v) is 6.49. The van der Waals surface area contributed by atoms with Crippen molar-refractivity contribution in [1.29, 1.82) is 0 Å². The van der Waals surface area contributed by atoms with Gasteiger partial charge in [-0.3, -0.25) is 19.2 Å². The van der Waals surface area contributed by atoms with E-state index in [0.717, 1.165) is 55.1 Å². The Kier molecular flexibility index (Phi) is 8.99. The molecule has 10 nitrogen and oxygen atoms in total. The second kappa shape index (κ2) is 13.3. The van der Waals surface area contributed by atoms with Crippen LogP contribution in [0.4, 0.5) is 0 Å². The largest absolute Gasteiger partial charge is 0.504 e. The van der Waals surface area contributed by atoms with Gasteiger partial charge >= 0.3 is 0 Å². The molecule has 238 valence electrons. The minimum atomic E-state index is -0.965. The number of halogens is 1. The van der Waals surface area contributed by atoms with Crippen molar-refractivity contribution in [2.75, 3.05) is 19.6 Å². The highest BCUT2D eigenvalue weighted by Crippen LogP contribution is 2.32. The number of hydrogen-bond donors (Lipinski definition) is 3. The van der Waals surface area contributed by atoms with Gasteiger partial charge in [-0.25, -0.2) is 0 Å². The molecule has 2 aliphatic heterocycles. The number of nitrogens with zero attached hydrogens (tertiary/aromatic N) is 2. The Balaban J connectivity index is 1.19. The number of carbonyl (C=O) groups is 3. The molecule has 0 spiro atoms. The van der Waals surface area contributed by atoms with Crippen molar-refractivity contribution in [1.82, 2.24) is 15.1 Å². The molecule has 0 unspecified atom stereocenters. The van der Waals surface area contributed by atoms with Gasteiger partial charge in [0.2, 0.25) is 11.8 Å². The van der Waals surface area contributed by atoms with Crippen molar-refractivity contribution < 1.29 is 29.0 Å². The van der Waals surface area contributed by atoms with Crippen LogP contribution in [0.15, 0.2) is 75.9 Å². The monoisotopic (exact) mass is 643 g/mol. The van der Waals surface area contributed by atoms with E-state index in [4.69, 9.17) is 16.0 Å². The summed E-state index contributed by atoms with van der Waals surface area (Å²) in [5.41, 5.74) is 2.45. The number of benzene rings is 3. The van der Waals surface area contributed by atoms with Gasteiger partial charge in [0.1, 0.15) is 11.6 Å². The van der Waals surface area contributed by atoms with Crippen LogP contribution in [0.2, 0.25) is 5.02 Å². The Labute approximate surface area is 270 Å². The number of amides is 3. The SMILES string of the molecule is O=C(N[C@H](Cc1ccc(Cl)cc1)C(=O)N1CCC(c2ccccc2CN2CCCC2=O)CC1)c1cc(=O)c2cc(O)c(O)cc2o1. The van der Waals surface area contributed by atoms with Gasteiger partial charge in [-0.2, -0.15) is 0 Å². The molecule has 4 aromatic rings. The zero-order valence-electron chi connectivity index (χ0n) is 25.1. The summed E-state index contributed by atoms with van der Waals surface area (Å²) in [6.45, 7) is 2.34. The summed E-state index contributed by atoms with van der Waals surface area (Å²) in [4.78, 5) is 56.0. The van der Waals surface area contributed by atoms with Crippen LogP contribution in [-0.4, -0.2) is 63.4 Å². The Hall–Kier alpha value is -4.83. The van der Waals surface area contributed by atoms with E-state index in [9.17, 15) is 29.4 Å². The number of rotatable bonds is 8. The van der Waals surface area contributed by atoms with E-state index in [2.05, 4.69) is 17.4 Å². The zero-order valence-corrected chi connectivity index (χ0v) is 25.8. The van der Waals surface area contributed by atoms with Crippen LogP contribution in [0.5, 0.6) is 11.5 Å². The molecule has 1 atom stereocenters. The molecular weight excluding hydrogens is 610 g/mol. The lowest BCUT2D eigenvalue weighted by Crippen LogP contribution is -2.51. The molecule has 3 N–H and O–H groups in total. The quantitative estimate of drug-likeness (QED) is 0.236. The van der Waals surface area contributed by atoms with Gasteiger partial charge < -0.3 is 29.7 Å². The summed E-state index contributed by atoms with van der Waals surface area (Å²) in [5, 5.41) is 22.9. The number of carbonyl (C=O) groups excluding carboxylic acids is 3. The minimum absolute atomic E-state index is 0.00267. The number of likely N-dealkylation sites (tertiary alicyclic amines) is 2. The zero-order chi connectivity index (χ0) is 32.4. The summed E-state index contributed by atoms with van der Waals surface area (Å²) in [6.07, 6.45) is 3.12. The van der Waals surface area contributed by atoms with Crippen molar-refractivity contribution in [2.45, 2.75) is 50.6 Å². The molecule has 0 bridgehead atoms. The average Bonchev–Trinajstić information content (AvgIpc) is 3.46. The van der Waals surface area contributed by atoms with E-state index in [1.54, 1.807) is 29.2 Å². The van der Waals surface area contributed by atoms with Crippen molar-refractivity contribution in [3.63, 3.8) is 0 Å². The number of phenols is 2. The highest BCUT2D eigenvalue weighted by molar-refractivity contribution is 6.30. The third-order valence-corrected chi connectivity index (χ3v) is 9.09. The van der Waals surface area contributed by atoms with Gasteiger partial charge in [-0.15, -0.1) is 0 Å². The van der Waals surface area contributed by atoms with Crippen LogP contribution >= 0.6 is 11.6 Å². The van der Waals surface area contributed by atoms with E-state index in [0.29, 0.717) is 31.1 Å². The van der Waals surface area contributed by atoms with E-state index < -0.39 is 28.9 Å². The molecule has 0 aliphatic carbocycles. The Morgan fingerprint density at radius 3 is 2.39 bits per heavy atom. The number of piperidine rings is 1. The number of phenolic OH excluding ortho intramolecular Hbond substituents is 2. The molecule has 2 aliphatic rings. The van der Waals surface area contributed by atoms with E-state index in [1.807, 2.05) is 17.0 Å². The lowest BCUT2D eigenvalue weighted by Gasteiger charge is -2.35. The molecule has 6 rings (SSSR count). The number of aromatic hydroxyl groups is 2. The predicted molar refractivity (Wildman–Crippen MR) is 172 cm³/mol. The van der Waals surface area contributed by atoms with Crippen LogP contribution in [0.3, 0.4) is 0 Å². The van der Waals surface area contributed by atoms with E-state index in [-0.39, 0.29) is 40.9 Å². The molecule has 2 fully saturated rings. The van der Waals surface area contributed by atoms with Crippen molar-refractivity contribution in [3.8, 4) is 11.5 Å². The maximum atomic E-state index is 14.0. The Morgan fingerprint density at radius 1 is 0.957 bits per heavy atom. The molecular formula is C35H34ClN3O7. The average molecular weight is 644 g/mol. The lowest BCUT2D eigenvalue weighted by molar-refractivity contribution is -0.134. The molecule has 0 saturated carbocycles. The smallest absolute Gasteiger partial charge is 0.287 e. The molecule has 3 aromatic carbocycles. The molecule has 46 heavy (non-hydrogen) atoms. The van der Waals surface area contributed by atoms with Gasteiger partial charge in [-0.1, -0.05) is 48.0 Å². The van der Waals surface area contributed by atoms with Crippen LogP contribution in [0, 0.1) is 0 Å². The first kappa shape index (κ1) is 31.2. The van der Waals surface area contributed by atoms with Crippen molar-refractivity contribution in [2.24, 2.45) is 0 Å². The topological polar surface area (TPSA) is 140 Å². The summed E-state index contributed by atoms with van der Waals surface area (Å²) < 4.78 is 5.61. The second-order valence-corrected chi connectivity index (χ2v) is 12.3. The molecule has 2 saturated heterocycles. The van der Waals surface area contributed by atoms with Gasteiger partial charge in [0.15, 0.2) is 22.7 Å². The normalized spacial score (nSPS) is 16.2. The van der Waals surface area contributed by atoms with Crippen LogP contribution in [-0.2, 0) is 22.6 Å². The summed E-state index contributed by atoms with van der Waals surface area (Å²) in [5.74, 6) is -1.93. The molecule has 3 heterocycles. The highest BCUT2D eigenvalue weighted by Gasteiger charge is 2.32. The fraction of sp³-hybridized carbons (Fsp3) is 0.314. The molecule has 11 heteroatoms. The number of fused-ring (bicyclic) bond motifs is 1. The van der Waals surface area contributed by atoms with Crippen molar-refractivity contribution in [3.05, 3.63) is 104 Å². The second-order valence-electron chi connectivity index (χ2n) is 11.9. The van der Waals surface area contributed by atoms with Gasteiger partial charge in [-0.05, 0) is 60.1 Å². The maximum absolute atomic E-state index is 14.0. The van der Waals surface area contributed by atoms with E-state index >= 15 is 0 Å². The first-order chi connectivity index (χ1) is 22.2. The number of hydrogen-bond acceptors (Lipinski definition) is 7. The summed E-state index contributed by atoms with van der Waals surface area (Å²) in [6, 6.07) is 17.3. The van der Waals surface area contributed by atoms with Gasteiger partial charge in [0.05, 0.1) is 5.39 Å². The van der Waals surface area contributed by atoms with E-state index in [1.165, 1.54) is 5.56 Å². The lowest BCUT2D eigenvalue weighted by atomic mass is 9.86. The molecule has 1 aromatic heterocycles. The molecule has 3 amide bonds. The minimum Gasteiger partial charge on any atom is -0.504 e. The molecule has 0 radical (unpaired) electrons. The third-order valence-electron chi connectivity index (χ3n) is 8.84. The predicted octanol–water partition coefficient (Wildman–Crippen LogP) is 4.73. The first-order valence-electron chi connectivity index (χ1n) is 15.4. The standard InChI is InChI=1S/C35H34ClN3O7/c36-24-9-7-21(8-10-24)16-27(37-34(44)32-18-28(40)26-17-29(41)30(42)19-31(26)46-32)35(45)38-14-11-22(12-15-38)25-5-2-1-4-23(25)20-39-13-3-6-33(39)43/h1-2,4-5,7-10,17-19,22,27,41-42H,3,6,11-16,20H2,(H,37,44)/t27-/m1/s1. The Bertz CT molecular complexity index is 1850. The van der Waals surface area contributed by atoms with Crippen LogP contribution < -0.4 is 10.7 Å². The first-order valence-corrected chi connectivity index (χ1v) is 15.7. The maximum Gasteiger partial charge on any atom is 0.287 e. The number of nitrogens with one attached hydrogen (secondary N) is 1. The fourth-order valence-electron chi connectivity index (χ4n) is 6.36. The van der Waals surface area contributed by atoms with Crippen LogP contribution in [0.25, 0.3) is 11.0 Å². The summed E-state index contributed by atoms with van der Waals surface area (Å²) in [7, 11) is 0. The van der Waals surface area contributed by atoms with Gasteiger partial charge in [0.25, 0.3) is 5.91 Å². The Morgan fingerprint density at radius 2 is 1.67 bits per heavy atom. The highest BCUT2D eigenvalue weighted by atomic mass is 35.5. The summed E-state index contributed by atoms with van der Waals surface area (Å²) >= 11 is 6.07. The van der Waals surface area contributed by atoms with Crippen LogP contribution in [0.1, 0.15) is 58.8 Å². The van der Waals surface area contributed by atoms with Crippen molar-refractivity contribution >= 4 is 40.3 Å². The van der Waals surface area contributed by atoms with Gasteiger partial charge in [0, 0.05) is 56.2 Å². The third kappa shape index (κ3) is 6.72.